The van der Waals surface area contributed by atoms with Crippen molar-refractivity contribution in [3.63, 3.8) is 0 Å². The highest BCUT2D eigenvalue weighted by Crippen LogP contribution is 2.20. The van der Waals surface area contributed by atoms with Crippen LogP contribution in [0.3, 0.4) is 0 Å². The van der Waals surface area contributed by atoms with Gasteiger partial charge < -0.3 is 9.15 Å². The molecule has 0 saturated heterocycles. The third-order valence-electron chi connectivity index (χ3n) is 1.25. The second-order valence-corrected chi connectivity index (χ2v) is 2.31. The van der Waals surface area contributed by atoms with E-state index in [-0.39, 0.29) is 5.22 Å². The number of hydrogen-bond donors (Lipinski definition) is 0. The van der Waals surface area contributed by atoms with E-state index < -0.39 is 6.10 Å². The Labute approximate surface area is 68.9 Å². The summed E-state index contributed by atoms with van der Waals surface area (Å²) in [5.41, 5.74) is 0. The molecule has 60 valence electrons. The second-order valence-electron chi connectivity index (χ2n) is 1.93. The molecular weight excluding hydrogens is 168 g/mol. The molecule has 11 heavy (non-hydrogen) atoms. The Morgan fingerprint density at radius 3 is 2.82 bits per heavy atom. The van der Waals surface area contributed by atoms with Crippen molar-refractivity contribution in [2.45, 2.75) is 6.10 Å². The molecule has 3 nitrogen and oxygen atoms in total. The highest BCUT2D eigenvalue weighted by molar-refractivity contribution is 6.28. The predicted octanol–water partition coefficient (Wildman–Crippen LogP) is 1.82. The average Bonchev–Trinajstić information content (AvgIpc) is 2.39. The van der Waals surface area contributed by atoms with Crippen molar-refractivity contribution in [1.82, 2.24) is 0 Å². The molecule has 1 heterocycles. The van der Waals surface area contributed by atoms with Gasteiger partial charge in [0.2, 0.25) is 0 Å². The van der Waals surface area contributed by atoms with Crippen LogP contribution in [0.15, 0.2) is 16.5 Å². The fourth-order valence-electron chi connectivity index (χ4n) is 0.720. The van der Waals surface area contributed by atoms with E-state index in [1.807, 2.05) is 0 Å². The zero-order valence-corrected chi connectivity index (χ0v) is 6.67. The first-order chi connectivity index (χ1) is 5.27. The third kappa shape index (κ3) is 1.82. The maximum atomic E-state index is 10.3. The predicted molar refractivity (Wildman–Crippen MR) is 39.5 cm³/mol. The maximum absolute atomic E-state index is 10.3. The van der Waals surface area contributed by atoms with E-state index >= 15 is 0 Å². The number of halogens is 1. The molecule has 0 spiro atoms. The van der Waals surface area contributed by atoms with Crippen molar-refractivity contribution < 1.29 is 13.9 Å². The molecular formula is C7H7ClO3. The summed E-state index contributed by atoms with van der Waals surface area (Å²) in [5, 5.41) is 0.254. The molecule has 1 rings (SSSR count). The minimum absolute atomic E-state index is 0.254. The second kappa shape index (κ2) is 3.55. The minimum atomic E-state index is -0.650. The van der Waals surface area contributed by atoms with E-state index in [4.69, 9.17) is 20.8 Å². The highest BCUT2D eigenvalue weighted by Gasteiger charge is 2.12. The molecule has 0 aliphatic carbocycles. The zero-order valence-electron chi connectivity index (χ0n) is 5.91. The molecule has 0 aromatic carbocycles. The minimum Gasteiger partial charge on any atom is -0.446 e. The zero-order chi connectivity index (χ0) is 8.27. The van der Waals surface area contributed by atoms with E-state index in [1.54, 1.807) is 12.1 Å². The lowest BCUT2D eigenvalue weighted by Crippen LogP contribution is -2.00. The van der Waals surface area contributed by atoms with E-state index in [1.165, 1.54) is 7.11 Å². The number of aldehydes is 1. The first-order valence-corrected chi connectivity index (χ1v) is 3.39. The van der Waals surface area contributed by atoms with Crippen molar-refractivity contribution >= 4 is 17.9 Å². The Morgan fingerprint density at radius 1 is 1.73 bits per heavy atom. The number of rotatable bonds is 3. The number of furan rings is 1. The molecule has 0 aliphatic rings. The van der Waals surface area contributed by atoms with Crippen LogP contribution in [0.1, 0.15) is 11.9 Å². The Hall–Kier alpha value is -0.800. The van der Waals surface area contributed by atoms with Gasteiger partial charge in [0.1, 0.15) is 5.76 Å². The van der Waals surface area contributed by atoms with Crippen LogP contribution < -0.4 is 0 Å². The molecule has 0 N–H and O–H groups in total. The van der Waals surface area contributed by atoms with Gasteiger partial charge in [-0.15, -0.1) is 0 Å². The molecule has 0 radical (unpaired) electrons. The molecule has 0 saturated carbocycles. The van der Waals surface area contributed by atoms with Crippen molar-refractivity contribution in [1.29, 1.82) is 0 Å². The molecule has 1 unspecified atom stereocenters. The Morgan fingerprint density at radius 2 is 2.45 bits per heavy atom. The third-order valence-corrected chi connectivity index (χ3v) is 1.46. The fourth-order valence-corrected chi connectivity index (χ4v) is 0.872. The van der Waals surface area contributed by atoms with Gasteiger partial charge in [-0.3, -0.25) is 4.79 Å². The molecule has 1 aromatic heterocycles. The van der Waals surface area contributed by atoms with Gasteiger partial charge in [0.15, 0.2) is 17.6 Å². The Balaban J connectivity index is 2.81. The van der Waals surface area contributed by atoms with Gasteiger partial charge in [-0.1, -0.05) is 0 Å². The van der Waals surface area contributed by atoms with Crippen molar-refractivity contribution in [3.05, 3.63) is 23.1 Å². The monoisotopic (exact) mass is 174 g/mol. The van der Waals surface area contributed by atoms with Crippen LogP contribution in [0.5, 0.6) is 0 Å². The quantitative estimate of drug-likeness (QED) is 0.657. The summed E-state index contributed by atoms with van der Waals surface area (Å²) in [7, 11) is 1.43. The standard InChI is InChI=1S/C7H7ClO3/c1-10-6(4-9)5-2-3-7(8)11-5/h2-4,6H,1H3. The Bertz CT molecular complexity index is 244. The summed E-state index contributed by atoms with van der Waals surface area (Å²) < 4.78 is 9.71. The van der Waals surface area contributed by atoms with Crippen LogP contribution in [0.25, 0.3) is 0 Å². The van der Waals surface area contributed by atoms with Crippen LogP contribution in [-0.4, -0.2) is 13.4 Å². The number of carbonyl (C=O) groups is 1. The first-order valence-electron chi connectivity index (χ1n) is 3.01. The summed E-state index contributed by atoms with van der Waals surface area (Å²) in [6.07, 6.45) is -0.00248. The maximum Gasteiger partial charge on any atom is 0.193 e. The largest absolute Gasteiger partial charge is 0.446 e. The summed E-state index contributed by atoms with van der Waals surface area (Å²) in [6, 6.07) is 3.16. The normalized spacial score (nSPS) is 12.9. The molecule has 1 atom stereocenters. The van der Waals surface area contributed by atoms with Crippen LogP contribution in [0.4, 0.5) is 0 Å². The van der Waals surface area contributed by atoms with E-state index in [2.05, 4.69) is 0 Å². The molecule has 0 fully saturated rings. The Kier molecular flexibility index (Phi) is 2.68. The van der Waals surface area contributed by atoms with Crippen molar-refractivity contribution in [2.24, 2.45) is 0 Å². The van der Waals surface area contributed by atoms with E-state index in [0.717, 1.165) is 0 Å². The van der Waals surface area contributed by atoms with Crippen LogP contribution in [-0.2, 0) is 9.53 Å². The highest BCUT2D eigenvalue weighted by atomic mass is 35.5. The molecule has 4 heteroatoms. The SMILES string of the molecule is COC(C=O)c1ccc(Cl)o1. The van der Waals surface area contributed by atoms with Crippen LogP contribution in [0.2, 0.25) is 5.22 Å². The van der Waals surface area contributed by atoms with E-state index in [9.17, 15) is 4.79 Å². The lowest BCUT2D eigenvalue weighted by Gasteiger charge is -2.02. The number of ether oxygens (including phenoxy) is 1. The van der Waals surface area contributed by atoms with Crippen LogP contribution in [0, 0.1) is 0 Å². The van der Waals surface area contributed by atoms with Gasteiger partial charge in [0.25, 0.3) is 0 Å². The number of hydrogen-bond acceptors (Lipinski definition) is 3. The van der Waals surface area contributed by atoms with Gasteiger partial charge in [0.05, 0.1) is 0 Å². The summed E-state index contributed by atoms with van der Waals surface area (Å²) in [6.45, 7) is 0. The first kappa shape index (κ1) is 8.30. The molecule has 0 amide bonds. The average molecular weight is 175 g/mol. The molecule has 0 bridgehead atoms. The summed E-state index contributed by atoms with van der Waals surface area (Å²) in [4.78, 5) is 10.3. The van der Waals surface area contributed by atoms with Crippen molar-refractivity contribution in [3.8, 4) is 0 Å². The van der Waals surface area contributed by atoms with E-state index in [0.29, 0.717) is 12.0 Å². The summed E-state index contributed by atoms with van der Waals surface area (Å²) >= 11 is 5.48. The van der Waals surface area contributed by atoms with Gasteiger partial charge in [-0.25, -0.2) is 0 Å². The van der Waals surface area contributed by atoms with Gasteiger partial charge >= 0.3 is 0 Å². The number of methoxy groups -OCH3 is 1. The number of carbonyl (C=O) groups excluding carboxylic acids is 1. The lowest BCUT2D eigenvalue weighted by atomic mass is 10.3. The smallest absolute Gasteiger partial charge is 0.193 e. The van der Waals surface area contributed by atoms with Gasteiger partial charge in [-0.2, -0.15) is 0 Å². The van der Waals surface area contributed by atoms with Gasteiger partial charge in [-0.05, 0) is 23.7 Å². The molecule has 0 aliphatic heterocycles. The molecule has 1 aromatic rings. The van der Waals surface area contributed by atoms with Gasteiger partial charge in [0, 0.05) is 7.11 Å². The lowest BCUT2D eigenvalue weighted by molar-refractivity contribution is -0.117. The summed E-state index contributed by atoms with van der Waals surface area (Å²) in [5.74, 6) is 0.424. The van der Waals surface area contributed by atoms with Crippen LogP contribution >= 0.6 is 11.6 Å². The topological polar surface area (TPSA) is 39.4 Å². The fraction of sp³-hybridized carbons (Fsp3) is 0.286. The van der Waals surface area contributed by atoms with Crippen molar-refractivity contribution in [2.75, 3.05) is 7.11 Å².